The number of hydrogen-bond donors (Lipinski definition) is 0. The molecule has 1 fully saturated rings. The molecule has 1 aromatic rings. The summed E-state index contributed by atoms with van der Waals surface area (Å²) < 4.78 is 7.23. The van der Waals surface area contributed by atoms with Crippen LogP contribution >= 0.6 is 31.9 Å². The van der Waals surface area contributed by atoms with E-state index in [-0.39, 0.29) is 12.0 Å². The number of halogens is 2. The Balaban J connectivity index is 2.18. The summed E-state index contributed by atoms with van der Waals surface area (Å²) in [6.07, 6.45) is 0.114. The molecule has 1 heterocycles. The molecule has 92 valence electrons. The van der Waals surface area contributed by atoms with E-state index in [1.54, 1.807) is 0 Å². The van der Waals surface area contributed by atoms with Gasteiger partial charge in [0.25, 0.3) is 5.91 Å². The highest BCUT2D eigenvalue weighted by Gasteiger charge is 2.22. The summed E-state index contributed by atoms with van der Waals surface area (Å²) in [7, 11) is 0. The molecule has 0 radical (unpaired) electrons. The maximum Gasteiger partial charge on any atom is 0.254 e. The largest absolute Gasteiger partial charge is 0.375 e. The molecule has 1 atom stereocenters. The molecular formula is C12H13Br2NO2. The van der Waals surface area contributed by atoms with Crippen LogP contribution in [0.4, 0.5) is 0 Å². The molecule has 0 saturated carbocycles. The van der Waals surface area contributed by atoms with Crippen LogP contribution in [0.5, 0.6) is 0 Å². The maximum atomic E-state index is 12.3. The van der Waals surface area contributed by atoms with Gasteiger partial charge in [0.05, 0.1) is 12.7 Å². The Morgan fingerprint density at radius 3 is 2.59 bits per heavy atom. The van der Waals surface area contributed by atoms with Crippen molar-refractivity contribution in [2.75, 3.05) is 19.7 Å². The van der Waals surface area contributed by atoms with Gasteiger partial charge in [-0.25, -0.2) is 0 Å². The van der Waals surface area contributed by atoms with Crippen LogP contribution in [0.2, 0.25) is 0 Å². The molecule has 0 spiro atoms. The van der Waals surface area contributed by atoms with E-state index < -0.39 is 0 Å². The van der Waals surface area contributed by atoms with Gasteiger partial charge in [0.15, 0.2) is 0 Å². The van der Waals surface area contributed by atoms with Crippen LogP contribution in [-0.2, 0) is 4.74 Å². The molecule has 3 nitrogen and oxygen atoms in total. The fraction of sp³-hybridized carbons (Fsp3) is 0.417. The number of amides is 1. The Labute approximate surface area is 117 Å². The lowest BCUT2D eigenvalue weighted by molar-refractivity contribution is -0.0124. The molecule has 2 rings (SSSR count). The highest BCUT2D eigenvalue weighted by Crippen LogP contribution is 2.21. The lowest BCUT2D eigenvalue weighted by Gasteiger charge is -2.31. The second kappa shape index (κ2) is 5.50. The van der Waals surface area contributed by atoms with Gasteiger partial charge in [0, 0.05) is 27.6 Å². The molecule has 1 aliphatic heterocycles. The van der Waals surface area contributed by atoms with Crippen molar-refractivity contribution in [3.8, 4) is 0 Å². The van der Waals surface area contributed by atoms with Crippen molar-refractivity contribution in [1.29, 1.82) is 0 Å². The van der Waals surface area contributed by atoms with Gasteiger partial charge in [-0.2, -0.15) is 0 Å². The summed E-state index contributed by atoms with van der Waals surface area (Å²) in [6, 6.07) is 5.60. The second-order valence-corrected chi connectivity index (χ2v) is 5.92. The molecule has 1 saturated heterocycles. The first kappa shape index (κ1) is 13.1. The summed E-state index contributed by atoms with van der Waals surface area (Å²) in [5, 5.41) is 0. The van der Waals surface area contributed by atoms with Gasteiger partial charge in [-0.15, -0.1) is 0 Å². The van der Waals surface area contributed by atoms with Crippen molar-refractivity contribution in [3.05, 3.63) is 32.7 Å². The molecule has 0 aliphatic carbocycles. The number of ether oxygens (including phenoxy) is 1. The summed E-state index contributed by atoms with van der Waals surface area (Å²) in [5.41, 5.74) is 0.695. The van der Waals surface area contributed by atoms with Gasteiger partial charge in [-0.1, -0.05) is 31.9 Å². The molecule has 0 bridgehead atoms. The van der Waals surface area contributed by atoms with Crippen molar-refractivity contribution >= 4 is 37.8 Å². The summed E-state index contributed by atoms with van der Waals surface area (Å²) in [4.78, 5) is 14.1. The van der Waals surface area contributed by atoms with E-state index in [9.17, 15) is 4.79 Å². The summed E-state index contributed by atoms with van der Waals surface area (Å²) in [5.74, 6) is 0.0575. The first-order valence-electron chi connectivity index (χ1n) is 5.43. The van der Waals surface area contributed by atoms with E-state index in [1.807, 2.05) is 30.0 Å². The van der Waals surface area contributed by atoms with E-state index in [0.29, 0.717) is 25.3 Å². The summed E-state index contributed by atoms with van der Waals surface area (Å²) in [6.45, 7) is 3.91. The first-order valence-corrected chi connectivity index (χ1v) is 7.02. The number of nitrogens with zero attached hydrogens (tertiary/aromatic N) is 1. The van der Waals surface area contributed by atoms with Crippen LogP contribution in [-0.4, -0.2) is 36.6 Å². The lowest BCUT2D eigenvalue weighted by Crippen LogP contribution is -2.44. The average molecular weight is 363 g/mol. The van der Waals surface area contributed by atoms with E-state index in [0.717, 1.165) is 8.95 Å². The highest BCUT2D eigenvalue weighted by molar-refractivity contribution is 9.11. The fourth-order valence-corrected chi connectivity index (χ4v) is 3.16. The molecule has 1 aliphatic rings. The van der Waals surface area contributed by atoms with Crippen molar-refractivity contribution in [2.45, 2.75) is 13.0 Å². The molecule has 0 N–H and O–H groups in total. The third-order valence-electron chi connectivity index (χ3n) is 2.64. The maximum absolute atomic E-state index is 12.3. The van der Waals surface area contributed by atoms with Crippen LogP contribution < -0.4 is 0 Å². The number of carbonyl (C=O) groups excluding carboxylic acids is 1. The topological polar surface area (TPSA) is 29.5 Å². The zero-order valence-electron chi connectivity index (χ0n) is 9.45. The van der Waals surface area contributed by atoms with E-state index in [2.05, 4.69) is 31.9 Å². The SMILES string of the molecule is CC1CN(C(=O)c2cc(Br)cc(Br)c2)CCO1. The Bertz CT molecular complexity index is 416. The molecular weight excluding hydrogens is 350 g/mol. The van der Waals surface area contributed by atoms with Gasteiger partial charge < -0.3 is 9.64 Å². The molecule has 17 heavy (non-hydrogen) atoms. The number of carbonyl (C=O) groups is 1. The fourth-order valence-electron chi connectivity index (χ4n) is 1.86. The third-order valence-corrected chi connectivity index (χ3v) is 3.55. The Kier molecular flexibility index (Phi) is 4.22. The number of rotatable bonds is 1. The zero-order valence-corrected chi connectivity index (χ0v) is 12.6. The van der Waals surface area contributed by atoms with Crippen molar-refractivity contribution in [3.63, 3.8) is 0 Å². The number of morpholine rings is 1. The summed E-state index contributed by atoms with van der Waals surface area (Å²) >= 11 is 6.78. The van der Waals surface area contributed by atoms with Crippen LogP contribution in [0, 0.1) is 0 Å². The lowest BCUT2D eigenvalue weighted by atomic mass is 10.2. The molecule has 0 aromatic heterocycles. The minimum absolute atomic E-state index is 0.0575. The second-order valence-electron chi connectivity index (χ2n) is 4.09. The van der Waals surface area contributed by atoms with Gasteiger partial charge in [-0.3, -0.25) is 4.79 Å². The molecule has 1 aromatic carbocycles. The van der Waals surface area contributed by atoms with Crippen LogP contribution in [0.3, 0.4) is 0 Å². The quantitative estimate of drug-likeness (QED) is 0.768. The van der Waals surface area contributed by atoms with Crippen LogP contribution in [0.25, 0.3) is 0 Å². The molecule has 1 amide bonds. The normalized spacial score (nSPS) is 20.4. The standard InChI is InChI=1S/C12H13Br2NO2/c1-8-7-15(2-3-17-8)12(16)9-4-10(13)6-11(14)5-9/h4-6,8H,2-3,7H2,1H3. The third kappa shape index (κ3) is 3.30. The van der Waals surface area contributed by atoms with Gasteiger partial charge in [0.2, 0.25) is 0 Å². The average Bonchev–Trinajstić information content (AvgIpc) is 2.26. The van der Waals surface area contributed by atoms with E-state index >= 15 is 0 Å². The predicted octanol–water partition coefficient (Wildman–Crippen LogP) is 3.07. The predicted molar refractivity (Wildman–Crippen MR) is 73.2 cm³/mol. The Morgan fingerprint density at radius 1 is 1.35 bits per heavy atom. The van der Waals surface area contributed by atoms with Crippen molar-refractivity contribution < 1.29 is 9.53 Å². The molecule has 5 heteroatoms. The van der Waals surface area contributed by atoms with Crippen molar-refractivity contribution in [1.82, 2.24) is 4.90 Å². The number of hydrogen-bond acceptors (Lipinski definition) is 2. The van der Waals surface area contributed by atoms with Crippen LogP contribution in [0.1, 0.15) is 17.3 Å². The van der Waals surface area contributed by atoms with Gasteiger partial charge >= 0.3 is 0 Å². The number of benzene rings is 1. The minimum atomic E-state index is 0.0575. The zero-order chi connectivity index (χ0) is 12.4. The highest BCUT2D eigenvalue weighted by atomic mass is 79.9. The van der Waals surface area contributed by atoms with Crippen molar-refractivity contribution in [2.24, 2.45) is 0 Å². The van der Waals surface area contributed by atoms with E-state index in [1.165, 1.54) is 0 Å². The van der Waals surface area contributed by atoms with E-state index in [4.69, 9.17) is 4.74 Å². The minimum Gasteiger partial charge on any atom is -0.375 e. The first-order chi connectivity index (χ1) is 8.06. The molecule has 1 unspecified atom stereocenters. The Hall–Kier alpha value is -0.390. The van der Waals surface area contributed by atoms with Gasteiger partial charge in [0.1, 0.15) is 0 Å². The van der Waals surface area contributed by atoms with Crippen LogP contribution in [0.15, 0.2) is 27.1 Å². The Morgan fingerprint density at radius 2 is 2.00 bits per heavy atom. The smallest absolute Gasteiger partial charge is 0.254 e. The van der Waals surface area contributed by atoms with Gasteiger partial charge in [-0.05, 0) is 25.1 Å². The monoisotopic (exact) mass is 361 g/mol.